The minimum Gasteiger partial charge on any atom is -0.313 e. The van der Waals surface area contributed by atoms with Gasteiger partial charge in [0, 0.05) is 6.54 Å². The zero-order chi connectivity index (χ0) is 20.7. The Labute approximate surface area is 188 Å². The molecule has 0 aliphatic rings. The highest BCUT2D eigenvalue weighted by Crippen LogP contribution is 2.26. The molecule has 0 bridgehead atoms. The fourth-order valence-corrected chi connectivity index (χ4v) is 4.70. The Balaban J connectivity index is 2.92. The topological polar surface area (TPSA) is 21.3 Å². The number of nitrogens with zero attached hydrogens (tertiary/aromatic N) is 1. The van der Waals surface area contributed by atoms with Crippen molar-refractivity contribution in [2.24, 2.45) is 0 Å². The van der Waals surface area contributed by atoms with Gasteiger partial charge in [-0.1, -0.05) is 76.3 Å². The summed E-state index contributed by atoms with van der Waals surface area (Å²) < 4.78 is 2.33. The van der Waals surface area contributed by atoms with Crippen LogP contribution in [-0.4, -0.2) is 35.2 Å². The summed E-state index contributed by atoms with van der Waals surface area (Å²) in [4.78, 5) is 6.16. The van der Waals surface area contributed by atoms with Crippen LogP contribution in [0.3, 0.4) is 0 Å². The standard InChI is InChI=1S/C24H44IN2O/c1-5-8-10-12-18-27(21-25,19-13-11-9-6-2)20-24(28-26-7-3)23-16-14-22(4)15-17-23/h14-17,24,26H,5-13,18-21H2,1-4H3/q+1. The molecule has 4 heteroatoms. The predicted octanol–water partition coefficient (Wildman–Crippen LogP) is 6.95. The molecular formula is C24H44IN2O+. The van der Waals surface area contributed by atoms with Crippen LogP contribution in [0.4, 0.5) is 0 Å². The highest BCUT2D eigenvalue weighted by atomic mass is 127. The van der Waals surface area contributed by atoms with Crippen LogP contribution in [0.1, 0.15) is 89.4 Å². The van der Waals surface area contributed by atoms with Crippen LogP contribution in [-0.2, 0) is 4.84 Å². The average molecular weight is 504 g/mol. The summed E-state index contributed by atoms with van der Waals surface area (Å²) in [6, 6.07) is 8.90. The van der Waals surface area contributed by atoms with Gasteiger partial charge in [0.15, 0.2) is 6.10 Å². The van der Waals surface area contributed by atoms with Gasteiger partial charge in [-0.25, -0.2) is 5.48 Å². The van der Waals surface area contributed by atoms with Crippen LogP contribution in [0.2, 0.25) is 0 Å². The van der Waals surface area contributed by atoms with Gasteiger partial charge in [0.1, 0.15) is 11.1 Å². The summed E-state index contributed by atoms with van der Waals surface area (Å²) in [5, 5.41) is 0. The third-order valence-electron chi connectivity index (χ3n) is 5.60. The van der Waals surface area contributed by atoms with Crippen molar-refractivity contribution in [2.75, 3.05) is 30.7 Å². The maximum Gasteiger partial charge on any atom is 0.153 e. The van der Waals surface area contributed by atoms with Crippen LogP contribution in [0.5, 0.6) is 0 Å². The molecule has 1 unspecified atom stereocenters. The van der Waals surface area contributed by atoms with Gasteiger partial charge in [-0.15, -0.1) is 0 Å². The third kappa shape index (κ3) is 10.0. The first-order valence-corrected chi connectivity index (χ1v) is 13.0. The zero-order valence-electron chi connectivity index (χ0n) is 18.8. The number of alkyl halides is 1. The number of rotatable bonds is 17. The SMILES string of the molecule is CCCCCC[N+](CI)(CCCCCC)CC(ONCC)c1ccc(C)cc1. The summed E-state index contributed by atoms with van der Waals surface area (Å²) in [6.45, 7) is 13.3. The minimum atomic E-state index is 0.104. The molecule has 28 heavy (non-hydrogen) atoms. The third-order valence-corrected chi connectivity index (χ3v) is 7.05. The van der Waals surface area contributed by atoms with E-state index < -0.39 is 0 Å². The minimum absolute atomic E-state index is 0.104. The smallest absolute Gasteiger partial charge is 0.153 e. The molecule has 0 aliphatic heterocycles. The number of unbranched alkanes of at least 4 members (excludes halogenated alkanes) is 6. The number of aryl methyl sites for hydroxylation is 1. The normalized spacial score (nSPS) is 13.0. The van der Waals surface area contributed by atoms with Crippen molar-refractivity contribution in [1.82, 2.24) is 5.48 Å². The van der Waals surface area contributed by atoms with Crippen molar-refractivity contribution < 1.29 is 9.32 Å². The van der Waals surface area contributed by atoms with E-state index in [-0.39, 0.29) is 6.10 Å². The summed E-state index contributed by atoms with van der Waals surface area (Å²) >= 11 is 2.62. The molecule has 0 aliphatic carbocycles. The van der Waals surface area contributed by atoms with Gasteiger partial charge >= 0.3 is 0 Å². The van der Waals surface area contributed by atoms with Crippen molar-refractivity contribution in [3.63, 3.8) is 0 Å². The lowest BCUT2D eigenvalue weighted by Gasteiger charge is -2.40. The molecular weight excluding hydrogens is 459 g/mol. The molecule has 3 nitrogen and oxygen atoms in total. The van der Waals surface area contributed by atoms with Gasteiger partial charge in [0.2, 0.25) is 0 Å². The highest BCUT2D eigenvalue weighted by Gasteiger charge is 2.31. The lowest BCUT2D eigenvalue weighted by atomic mass is 10.0. The van der Waals surface area contributed by atoms with E-state index in [1.54, 1.807) is 0 Å². The molecule has 1 atom stereocenters. The number of halogens is 1. The molecule has 1 aromatic rings. The van der Waals surface area contributed by atoms with Gasteiger partial charge in [-0.2, -0.15) is 0 Å². The maximum absolute atomic E-state index is 6.16. The van der Waals surface area contributed by atoms with Gasteiger partial charge in [0.25, 0.3) is 0 Å². The van der Waals surface area contributed by atoms with E-state index in [0.29, 0.717) is 0 Å². The molecule has 0 saturated carbocycles. The number of nitrogens with one attached hydrogen (secondary N) is 1. The zero-order valence-corrected chi connectivity index (χ0v) is 21.0. The molecule has 0 amide bonds. The Morgan fingerprint density at radius 3 is 1.93 bits per heavy atom. The maximum atomic E-state index is 6.16. The molecule has 0 aromatic heterocycles. The quantitative estimate of drug-likeness (QED) is 0.0621. The van der Waals surface area contributed by atoms with Gasteiger partial charge in [0.05, 0.1) is 13.1 Å². The summed E-state index contributed by atoms with van der Waals surface area (Å²) in [5.74, 6) is 0. The lowest BCUT2D eigenvalue weighted by molar-refractivity contribution is -0.917. The van der Waals surface area contributed by atoms with Crippen molar-refractivity contribution >= 4 is 22.6 Å². The first kappa shape index (κ1) is 25.9. The fraction of sp³-hybridized carbons (Fsp3) is 0.750. The van der Waals surface area contributed by atoms with Gasteiger partial charge in [-0.05, 0) is 60.8 Å². The fourth-order valence-electron chi connectivity index (χ4n) is 3.74. The molecule has 0 saturated heterocycles. The Morgan fingerprint density at radius 2 is 1.46 bits per heavy atom. The Hall–Kier alpha value is -0.170. The van der Waals surface area contributed by atoms with Crippen molar-refractivity contribution in [3.05, 3.63) is 35.4 Å². The van der Waals surface area contributed by atoms with Gasteiger partial charge < -0.3 is 4.48 Å². The summed E-state index contributed by atoms with van der Waals surface area (Å²) in [7, 11) is 0. The number of hydrogen-bond donors (Lipinski definition) is 1. The second kappa shape index (κ2) is 15.6. The van der Waals surface area contributed by atoms with Crippen LogP contribution in [0, 0.1) is 6.92 Å². The van der Waals surface area contributed by atoms with E-state index in [4.69, 9.17) is 4.84 Å². The monoisotopic (exact) mass is 503 g/mol. The Morgan fingerprint density at radius 1 is 0.893 bits per heavy atom. The van der Waals surface area contributed by atoms with E-state index in [2.05, 4.69) is 80.0 Å². The number of quaternary nitrogens is 1. The van der Waals surface area contributed by atoms with Crippen LogP contribution >= 0.6 is 22.6 Å². The van der Waals surface area contributed by atoms with Crippen molar-refractivity contribution in [3.8, 4) is 0 Å². The highest BCUT2D eigenvalue weighted by molar-refractivity contribution is 14.1. The van der Waals surface area contributed by atoms with E-state index in [1.807, 2.05) is 0 Å². The Kier molecular flexibility index (Phi) is 14.4. The molecule has 1 aromatic carbocycles. The first-order valence-electron chi connectivity index (χ1n) is 11.5. The van der Waals surface area contributed by atoms with E-state index in [0.717, 1.165) is 22.1 Å². The number of benzene rings is 1. The number of hydroxylamine groups is 1. The molecule has 0 fully saturated rings. The molecule has 0 heterocycles. The van der Waals surface area contributed by atoms with Crippen LogP contribution in [0.15, 0.2) is 24.3 Å². The predicted molar refractivity (Wildman–Crippen MR) is 131 cm³/mol. The molecule has 1 rings (SSSR count). The summed E-state index contributed by atoms with van der Waals surface area (Å²) in [6.07, 6.45) is 10.8. The van der Waals surface area contributed by atoms with Crippen LogP contribution in [0.25, 0.3) is 0 Å². The average Bonchev–Trinajstić information content (AvgIpc) is 2.72. The van der Waals surface area contributed by atoms with Crippen LogP contribution < -0.4 is 5.48 Å². The molecule has 1 N–H and O–H groups in total. The number of hydrogen-bond acceptors (Lipinski definition) is 2. The first-order chi connectivity index (χ1) is 13.6. The van der Waals surface area contributed by atoms with Gasteiger partial charge in [-0.3, -0.25) is 4.84 Å². The summed E-state index contributed by atoms with van der Waals surface area (Å²) in [5.41, 5.74) is 5.75. The van der Waals surface area contributed by atoms with Crippen molar-refractivity contribution in [1.29, 1.82) is 0 Å². The van der Waals surface area contributed by atoms with E-state index in [1.165, 1.54) is 75.6 Å². The second-order valence-corrected chi connectivity index (χ2v) is 8.91. The molecule has 0 spiro atoms. The van der Waals surface area contributed by atoms with E-state index in [9.17, 15) is 0 Å². The molecule has 0 radical (unpaired) electrons. The van der Waals surface area contributed by atoms with E-state index >= 15 is 0 Å². The largest absolute Gasteiger partial charge is 0.313 e. The lowest BCUT2D eigenvalue weighted by Crippen LogP contribution is -2.51. The molecule has 162 valence electrons. The Bertz CT molecular complexity index is 480. The van der Waals surface area contributed by atoms with Crippen molar-refractivity contribution in [2.45, 2.75) is 85.2 Å². The second-order valence-electron chi connectivity index (χ2n) is 8.23.